The van der Waals surface area contributed by atoms with E-state index in [1.165, 1.54) is 0 Å². The van der Waals surface area contributed by atoms with Crippen LogP contribution in [-0.2, 0) is 4.74 Å². The smallest absolute Gasteiger partial charge is 0.126 e. The topological polar surface area (TPSA) is 21.3 Å². The van der Waals surface area contributed by atoms with E-state index in [1.807, 2.05) is 19.9 Å². The second kappa shape index (κ2) is 4.15. The Hall–Kier alpha value is -0.930. The average Bonchev–Trinajstić information content (AvgIpc) is 2.20. The summed E-state index contributed by atoms with van der Waals surface area (Å²) in [6.45, 7) is 7.42. The lowest BCUT2D eigenvalue weighted by Gasteiger charge is -2.36. The molecule has 1 aliphatic rings. The van der Waals surface area contributed by atoms with E-state index in [2.05, 4.69) is 5.32 Å². The Kier molecular flexibility index (Phi) is 3.00. The van der Waals surface area contributed by atoms with Crippen LogP contribution in [0.2, 0.25) is 0 Å². The highest BCUT2D eigenvalue weighted by Crippen LogP contribution is 2.27. The first-order valence-corrected chi connectivity index (χ1v) is 5.62. The summed E-state index contributed by atoms with van der Waals surface area (Å²) >= 11 is 0. The van der Waals surface area contributed by atoms with Gasteiger partial charge in [0.15, 0.2) is 0 Å². The molecule has 0 bridgehead atoms. The van der Waals surface area contributed by atoms with Gasteiger partial charge in [-0.25, -0.2) is 4.39 Å². The predicted molar refractivity (Wildman–Crippen MR) is 61.9 cm³/mol. The van der Waals surface area contributed by atoms with Gasteiger partial charge in [-0.3, -0.25) is 0 Å². The van der Waals surface area contributed by atoms with Crippen molar-refractivity contribution in [3.05, 3.63) is 35.1 Å². The molecule has 1 aromatic carbocycles. The molecule has 1 saturated heterocycles. The zero-order valence-electron chi connectivity index (χ0n) is 10.0. The molecule has 1 fully saturated rings. The molecule has 0 aliphatic carbocycles. The van der Waals surface area contributed by atoms with Gasteiger partial charge in [-0.1, -0.05) is 12.1 Å². The molecule has 16 heavy (non-hydrogen) atoms. The van der Waals surface area contributed by atoms with Gasteiger partial charge in [-0.15, -0.1) is 0 Å². The van der Waals surface area contributed by atoms with Gasteiger partial charge in [0.25, 0.3) is 0 Å². The highest BCUT2D eigenvalue weighted by molar-refractivity contribution is 5.25. The molecule has 2 rings (SSSR count). The fourth-order valence-corrected chi connectivity index (χ4v) is 1.97. The van der Waals surface area contributed by atoms with Crippen LogP contribution in [0.4, 0.5) is 4.39 Å². The van der Waals surface area contributed by atoms with Crippen LogP contribution in [0.3, 0.4) is 0 Å². The maximum atomic E-state index is 13.5. The minimum absolute atomic E-state index is 0.0566. The Morgan fingerprint density at radius 1 is 1.44 bits per heavy atom. The fourth-order valence-electron chi connectivity index (χ4n) is 1.97. The summed E-state index contributed by atoms with van der Waals surface area (Å²) in [7, 11) is 0. The van der Waals surface area contributed by atoms with Crippen LogP contribution in [0.25, 0.3) is 0 Å². The van der Waals surface area contributed by atoms with Crippen LogP contribution in [-0.4, -0.2) is 18.7 Å². The van der Waals surface area contributed by atoms with Crippen molar-refractivity contribution in [1.29, 1.82) is 0 Å². The van der Waals surface area contributed by atoms with Crippen LogP contribution in [0.15, 0.2) is 18.2 Å². The van der Waals surface area contributed by atoms with E-state index in [4.69, 9.17) is 4.74 Å². The molecular weight excluding hydrogens is 205 g/mol. The molecule has 1 unspecified atom stereocenters. The largest absolute Gasteiger partial charge is 0.365 e. The van der Waals surface area contributed by atoms with Crippen molar-refractivity contribution in [1.82, 2.24) is 5.32 Å². The third kappa shape index (κ3) is 2.42. The van der Waals surface area contributed by atoms with Gasteiger partial charge in [0.2, 0.25) is 0 Å². The minimum Gasteiger partial charge on any atom is -0.365 e. The van der Waals surface area contributed by atoms with Crippen LogP contribution in [0, 0.1) is 12.7 Å². The number of morpholine rings is 1. The van der Waals surface area contributed by atoms with E-state index in [0.29, 0.717) is 5.56 Å². The van der Waals surface area contributed by atoms with Crippen LogP contribution >= 0.6 is 0 Å². The first-order valence-electron chi connectivity index (χ1n) is 5.62. The van der Waals surface area contributed by atoms with Crippen molar-refractivity contribution in [3.63, 3.8) is 0 Å². The average molecular weight is 223 g/mol. The first-order chi connectivity index (χ1) is 7.48. The Bertz CT molecular complexity index is 390. The molecule has 1 atom stereocenters. The van der Waals surface area contributed by atoms with Gasteiger partial charge in [0, 0.05) is 13.1 Å². The van der Waals surface area contributed by atoms with E-state index in [0.717, 1.165) is 18.7 Å². The summed E-state index contributed by atoms with van der Waals surface area (Å²) < 4.78 is 19.4. The van der Waals surface area contributed by atoms with Crippen molar-refractivity contribution in [2.45, 2.75) is 32.5 Å². The van der Waals surface area contributed by atoms with E-state index in [-0.39, 0.29) is 17.5 Å². The third-order valence-electron chi connectivity index (χ3n) is 2.91. The number of ether oxygens (including phenoxy) is 1. The summed E-state index contributed by atoms with van der Waals surface area (Å²) in [5, 5.41) is 3.31. The molecule has 88 valence electrons. The summed E-state index contributed by atoms with van der Waals surface area (Å²) in [5.41, 5.74) is 1.39. The Balaban J connectivity index is 2.20. The van der Waals surface area contributed by atoms with Gasteiger partial charge >= 0.3 is 0 Å². The maximum absolute atomic E-state index is 13.5. The molecule has 1 N–H and O–H groups in total. The molecule has 3 heteroatoms. The predicted octanol–water partition coefficient (Wildman–Crippen LogP) is 2.57. The van der Waals surface area contributed by atoms with Crippen molar-refractivity contribution >= 4 is 0 Å². The second-order valence-corrected chi connectivity index (χ2v) is 5.01. The molecular formula is C13H18FNO. The number of hydrogen-bond acceptors (Lipinski definition) is 2. The van der Waals surface area contributed by atoms with Gasteiger partial charge in [-0.05, 0) is 38.0 Å². The monoisotopic (exact) mass is 223 g/mol. The minimum atomic E-state index is -0.190. The molecule has 1 aliphatic heterocycles. The van der Waals surface area contributed by atoms with E-state index in [9.17, 15) is 4.39 Å². The summed E-state index contributed by atoms with van der Waals surface area (Å²) in [5.74, 6) is -0.163. The molecule has 0 amide bonds. The van der Waals surface area contributed by atoms with Crippen LogP contribution in [0.5, 0.6) is 0 Å². The van der Waals surface area contributed by atoms with Crippen molar-refractivity contribution in [3.8, 4) is 0 Å². The quantitative estimate of drug-likeness (QED) is 0.790. The Morgan fingerprint density at radius 2 is 2.19 bits per heavy atom. The number of aryl methyl sites for hydroxylation is 1. The van der Waals surface area contributed by atoms with Crippen molar-refractivity contribution < 1.29 is 9.13 Å². The van der Waals surface area contributed by atoms with Gasteiger partial charge in [0.05, 0.1) is 11.7 Å². The summed E-state index contributed by atoms with van der Waals surface area (Å²) in [6, 6.07) is 5.31. The van der Waals surface area contributed by atoms with Crippen molar-refractivity contribution in [2.24, 2.45) is 0 Å². The second-order valence-electron chi connectivity index (χ2n) is 5.01. The maximum Gasteiger partial charge on any atom is 0.126 e. The zero-order chi connectivity index (χ0) is 11.8. The number of rotatable bonds is 1. The normalized spacial score (nSPS) is 24.4. The third-order valence-corrected chi connectivity index (χ3v) is 2.91. The molecule has 2 nitrogen and oxygen atoms in total. The number of benzene rings is 1. The Morgan fingerprint density at radius 3 is 2.81 bits per heavy atom. The van der Waals surface area contributed by atoms with E-state index in [1.54, 1.807) is 19.1 Å². The van der Waals surface area contributed by atoms with Crippen LogP contribution < -0.4 is 5.32 Å². The summed E-state index contributed by atoms with van der Waals surface area (Å²) in [4.78, 5) is 0. The summed E-state index contributed by atoms with van der Waals surface area (Å²) in [6.07, 6.45) is -0.0566. The highest BCUT2D eigenvalue weighted by atomic mass is 19.1. The Labute approximate surface area is 95.8 Å². The van der Waals surface area contributed by atoms with Gasteiger partial charge in [-0.2, -0.15) is 0 Å². The first kappa shape index (κ1) is 11.6. The SMILES string of the molecule is Cc1ccc(C2CNCC(C)(C)O2)cc1F. The lowest BCUT2D eigenvalue weighted by atomic mass is 10.0. The van der Waals surface area contributed by atoms with Crippen LogP contribution in [0.1, 0.15) is 31.1 Å². The lowest BCUT2D eigenvalue weighted by Crippen LogP contribution is -2.46. The van der Waals surface area contributed by atoms with Gasteiger partial charge in [0.1, 0.15) is 5.82 Å². The molecule has 0 radical (unpaired) electrons. The van der Waals surface area contributed by atoms with Crippen molar-refractivity contribution in [2.75, 3.05) is 13.1 Å². The van der Waals surface area contributed by atoms with E-state index < -0.39 is 0 Å². The molecule has 0 aromatic heterocycles. The lowest BCUT2D eigenvalue weighted by molar-refractivity contribution is -0.0959. The fraction of sp³-hybridized carbons (Fsp3) is 0.538. The number of halogens is 1. The highest BCUT2D eigenvalue weighted by Gasteiger charge is 2.29. The standard InChI is InChI=1S/C13H18FNO/c1-9-4-5-10(6-11(9)14)12-7-15-8-13(2,3)16-12/h4-6,12,15H,7-8H2,1-3H3. The molecule has 1 aromatic rings. The molecule has 0 saturated carbocycles. The zero-order valence-corrected chi connectivity index (χ0v) is 10.0. The molecule has 1 heterocycles. The molecule has 0 spiro atoms. The number of nitrogens with one attached hydrogen (secondary N) is 1. The van der Waals surface area contributed by atoms with Gasteiger partial charge < -0.3 is 10.1 Å². The number of hydrogen-bond donors (Lipinski definition) is 1. The van der Waals surface area contributed by atoms with E-state index >= 15 is 0 Å².